The van der Waals surface area contributed by atoms with Gasteiger partial charge in [0.25, 0.3) is 0 Å². The van der Waals surface area contributed by atoms with Crippen LogP contribution in [-0.2, 0) is 4.79 Å². The van der Waals surface area contributed by atoms with Gasteiger partial charge >= 0.3 is 0 Å². The number of hydrogen-bond acceptors (Lipinski definition) is 3. The molecule has 1 aliphatic rings. The first-order valence-electron chi connectivity index (χ1n) is 6.27. The summed E-state index contributed by atoms with van der Waals surface area (Å²) < 4.78 is 5.66. The van der Waals surface area contributed by atoms with E-state index < -0.39 is 0 Å². The van der Waals surface area contributed by atoms with Crippen LogP contribution in [0.3, 0.4) is 0 Å². The average molecular weight is 249 g/mol. The molecule has 98 valence electrons. The summed E-state index contributed by atoms with van der Waals surface area (Å²) >= 11 is 0. The molecule has 1 aliphatic heterocycles. The Labute approximate surface area is 107 Å². The minimum absolute atomic E-state index is 0.0842. The molecule has 1 heterocycles. The number of aliphatic hydroxyl groups excluding tert-OH is 1. The minimum atomic E-state index is 0.0842. The van der Waals surface area contributed by atoms with Gasteiger partial charge in [-0.15, -0.1) is 0 Å². The quantitative estimate of drug-likeness (QED) is 0.853. The van der Waals surface area contributed by atoms with Crippen LogP contribution in [0.15, 0.2) is 24.3 Å². The Morgan fingerprint density at radius 2 is 2.22 bits per heavy atom. The monoisotopic (exact) mass is 249 g/mol. The second kappa shape index (κ2) is 5.87. The SMILES string of the molecule is Cc1ccccc1OCCN1CC(CO)CC1=O. The van der Waals surface area contributed by atoms with Gasteiger partial charge in [0.1, 0.15) is 12.4 Å². The van der Waals surface area contributed by atoms with Gasteiger partial charge in [0.15, 0.2) is 0 Å². The van der Waals surface area contributed by atoms with Crippen LogP contribution >= 0.6 is 0 Å². The Hall–Kier alpha value is -1.55. The van der Waals surface area contributed by atoms with Gasteiger partial charge in [-0.1, -0.05) is 18.2 Å². The van der Waals surface area contributed by atoms with Crippen LogP contribution in [0.25, 0.3) is 0 Å². The van der Waals surface area contributed by atoms with E-state index in [-0.39, 0.29) is 18.4 Å². The maximum absolute atomic E-state index is 11.6. The number of aryl methyl sites for hydroxylation is 1. The molecule has 1 aromatic rings. The molecular formula is C14H19NO3. The first-order chi connectivity index (χ1) is 8.70. The van der Waals surface area contributed by atoms with Gasteiger partial charge in [-0.3, -0.25) is 4.79 Å². The number of rotatable bonds is 5. The number of hydrogen-bond donors (Lipinski definition) is 1. The number of amides is 1. The van der Waals surface area contributed by atoms with E-state index in [1.807, 2.05) is 31.2 Å². The third-order valence-electron chi connectivity index (χ3n) is 3.27. The maximum atomic E-state index is 11.6. The van der Waals surface area contributed by atoms with Gasteiger partial charge in [-0.05, 0) is 18.6 Å². The highest BCUT2D eigenvalue weighted by atomic mass is 16.5. The van der Waals surface area contributed by atoms with Crippen molar-refractivity contribution in [3.05, 3.63) is 29.8 Å². The van der Waals surface area contributed by atoms with E-state index >= 15 is 0 Å². The van der Waals surface area contributed by atoms with Gasteiger partial charge < -0.3 is 14.7 Å². The molecule has 1 fully saturated rings. The van der Waals surface area contributed by atoms with Gasteiger partial charge in [-0.25, -0.2) is 0 Å². The van der Waals surface area contributed by atoms with Gasteiger partial charge in [0.2, 0.25) is 5.91 Å². The minimum Gasteiger partial charge on any atom is -0.491 e. The number of nitrogens with zero attached hydrogens (tertiary/aromatic N) is 1. The van der Waals surface area contributed by atoms with E-state index in [0.717, 1.165) is 11.3 Å². The number of aliphatic hydroxyl groups is 1. The lowest BCUT2D eigenvalue weighted by molar-refractivity contribution is -0.128. The standard InChI is InChI=1S/C14H19NO3/c1-11-4-2-3-5-13(11)18-7-6-15-9-12(10-16)8-14(15)17/h2-5,12,16H,6-10H2,1H3. The van der Waals surface area contributed by atoms with E-state index in [1.54, 1.807) is 4.90 Å². The Kier molecular flexibility index (Phi) is 4.20. The lowest BCUT2D eigenvalue weighted by atomic mass is 10.1. The van der Waals surface area contributed by atoms with E-state index in [4.69, 9.17) is 9.84 Å². The van der Waals surface area contributed by atoms with E-state index in [0.29, 0.717) is 26.1 Å². The van der Waals surface area contributed by atoms with Crippen LogP contribution in [0, 0.1) is 12.8 Å². The molecule has 1 saturated heterocycles. The molecule has 0 aliphatic carbocycles. The van der Waals surface area contributed by atoms with Crippen LogP contribution in [0.4, 0.5) is 0 Å². The predicted molar refractivity (Wildman–Crippen MR) is 68.4 cm³/mol. The highest BCUT2D eigenvalue weighted by Gasteiger charge is 2.28. The van der Waals surface area contributed by atoms with Gasteiger partial charge in [-0.2, -0.15) is 0 Å². The van der Waals surface area contributed by atoms with E-state index in [9.17, 15) is 4.79 Å². The molecule has 1 aromatic carbocycles. The van der Waals surface area contributed by atoms with E-state index in [2.05, 4.69) is 0 Å². The molecular weight excluding hydrogens is 230 g/mol. The third-order valence-corrected chi connectivity index (χ3v) is 3.27. The maximum Gasteiger partial charge on any atom is 0.223 e. The van der Waals surface area contributed by atoms with Crippen molar-refractivity contribution in [3.8, 4) is 5.75 Å². The number of likely N-dealkylation sites (tertiary alicyclic amines) is 1. The van der Waals surface area contributed by atoms with Gasteiger partial charge in [0.05, 0.1) is 6.54 Å². The Bertz CT molecular complexity index is 419. The Balaban J connectivity index is 1.79. The molecule has 1 N–H and O–H groups in total. The largest absolute Gasteiger partial charge is 0.491 e. The lowest BCUT2D eigenvalue weighted by Gasteiger charge is -2.17. The summed E-state index contributed by atoms with van der Waals surface area (Å²) in [6.45, 7) is 3.81. The smallest absolute Gasteiger partial charge is 0.223 e. The molecule has 1 atom stereocenters. The summed E-state index contributed by atoms with van der Waals surface area (Å²) in [6.07, 6.45) is 0.459. The van der Waals surface area contributed by atoms with Crippen molar-refractivity contribution in [3.63, 3.8) is 0 Å². The van der Waals surface area contributed by atoms with Crippen LogP contribution in [0.1, 0.15) is 12.0 Å². The molecule has 0 saturated carbocycles. The fraction of sp³-hybridized carbons (Fsp3) is 0.500. The molecule has 0 spiro atoms. The first-order valence-corrected chi connectivity index (χ1v) is 6.27. The van der Waals surface area contributed by atoms with Crippen molar-refractivity contribution >= 4 is 5.91 Å². The summed E-state index contributed by atoms with van der Waals surface area (Å²) in [6, 6.07) is 7.83. The topological polar surface area (TPSA) is 49.8 Å². The zero-order valence-corrected chi connectivity index (χ0v) is 10.6. The molecule has 4 nitrogen and oxygen atoms in total. The van der Waals surface area contributed by atoms with Gasteiger partial charge in [0, 0.05) is 25.5 Å². The van der Waals surface area contributed by atoms with Crippen molar-refractivity contribution < 1.29 is 14.6 Å². The molecule has 1 unspecified atom stereocenters. The lowest BCUT2D eigenvalue weighted by Crippen LogP contribution is -2.30. The Morgan fingerprint density at radius 1 is 1.44 bits per heavy atom. The van der Waals surface area contributed by atoms with Crippen molar-refractivity contribution in [1.29, 1.82) is 0 Å². The van der Waals surface area contributed by atoms with Crippen LogP contribution in [0.2, 0.25) is 0 Å². The van der Waals surface area contributed by atoms with Crippen LogP contribution in [0.5, 0.6) is 5.75 Å². The summed E-state index contributed by atoms with van der Waals surface area (Å²) in [7, 11) is 0. The molecule has 1 amide bonds. The van der Waals surface area contributed by atoms with Crippen molar-refractivity contribution in [2.24, 2.45) is 5.92 Å². The molecule has 2 rings (SSSR count). The second-order valence-corrected chi connectivity index (χ2v) is 4.71. The number of ether oxygens (including phenoxy) is 1. The predicted octanol–water partition coefficient (Wildman–Crippen LogP) is 1.21. The number of carbonyl (C=O) groups is 1. The average Bonchev–Trinajstić information content (AvgIpc) is 2.73. The summed E-state index contributed by atoms with van der Waals surface area (Å²) in [4.78, 5) is 13.4. The number of para-hydroxylation sites is 1. The van der Waals surface area contributed by atoms with Crippen LogP contribution < -0.4 is 4.74 Å². The summed E-state index contributed by atoms with van der Waals surface area (Å²) in [5.41, 5.74) is 1.10. The van der Waals surface area contributed by atoms with Crippen molar-refractivity contribution in [1.82, 2.24) is 4.90 Å². The van der Waals surface area contributed by atoms with Crippen molar-refractivity contribution in [2.75, 3.05) is 26.3 Å². The highest BCUT2D eigenvalue weighted by Crippen LogP contribution is 2.18. The summed E-state index contributed by atoms with van der Waals surface area (Å²) in [5.74, 6) is 1.07. The van der Waals surface area contributed by atoms with Crippen LogP contribution in [-0.4, -0.2) is 42.2 Å². The zero-order valence-electron chi connectivity index (χ0n) is 10.6. The normalized spacial score (nSPS) is 19.3. The second-order valence-electron chi connectivity index (χ2n) is 4.71. The highest BCUT2D eigenvalue weighted by molar-refractivity contribution is 5.78. The number of benzene rings is 1. The molecule has 0 aromatic heterocycles. The fourth-order valence-electron chi connectivity index (χ4n) is 2.18. The molecule has 0 radical (unpaired) electrons. The number of carbonyl (C=O) groups excluding carboxylic acids is 1. The molecule has 0 bridgehead atoms. The Morgan fingerprint density at radius 3 is 2.89 bits per heavy atom. The van der Waals surface area contributed by atoms with Crippen molar-refractivity contribution in [2.45, 2.75) is 13.3 Å². The fourth-order valence-corrected chi connectivity index (χ4v) is 2.18. The zero-order chi connectivity index (χ0) is 13.0. The first kappa shape index (κ1) is 12.9. The summed E-state index contributed by atoms with van der Waals surface area (Å²) in [5, 5.41) is 9.03. The molecule has 4 heteroatoms. The van der Waals surface area contributed by atoms with E-state index in [1.165, 1.54) is 0 Å². The third kappa shape index (κ3) is 3.01. The molecule has 18 heavy (non-hydrogen) atoms.